The third-order valence-electron chi connectivity index (χ3n) is 8.00. The van der Waals surface area contributed by atoms with Crippen LogP contribution >= 0.6 is 47.0 Å². The first-order chi connectivity index (χ1) is 27.2. The highest BCUT2D eigenvalue weighted by Crippen LogP contribution is 2.31. The number of esters is 1. The molecule has 0 bridgehead atoms. The number of methoxy groups -OCH3 is 1. The Hall–Kier alpha value is -4.78. The van der Waals surface area contributed by atoms with Crippen LogP contribution in [0.1, 0.15) is 49.8 Å². The van der Waals surface area contributed by atoms with Gasteiger partial charge in [-0.25, -0.2) is 19.9 Å². The number of rotatable bonds is 14. The molecule has 0 fully saturated rings. The Morgan fingerprint density at radius 3 is 1.49 bits per heavy atom. The van der Waals surface area contributed by atoms with Crippen molar-refractivity contribution in [1.82, 2.24) is 19.9 Å². The molecule has 4 N–H and O–H groups in total. The third-order valence-corrected chi connectivity index (χ3v) is 10.9. The SMILES string of the molecule is COC(=O)Cc1c(SC)nc(Cc2ccc(N)cc2)nc1SC.CSc1nc(Cc2ccc(NC(=O)c3ccc(C(F)(F)F)cc3)cc2)nc(SC)c1CC(=O)O. The first-order valence-corrected chi connectivity index (χ1v) is 21.7. The molecule has 0 aliphatic carbocycles. The summed E-state index contributed by atoms with van der Waals surface area (Å²) in [5.41, 5.74) is 9.62. The van der Waals surface area contributed by atoms with Crippen LogP contribution in [0.2, 0.25) is 0 Å². The van der Waals surface area contributed by atoms with E-state index in [-0.39, 0.29) is 24.4 Å². The summed E-state index contributed by atoms with van der Waals surface area (Å²) in [5.74, 6) is -0.476. The van der Waals surface area contributed by atoms with Crippen molar-refractivity contribution in [2.24, 2.45) is 0 Å². The van der Waals surface area contributed by atoms with Crippen LogP contribution in [0.5, 0.6) is 0 Å². The van der Waals surface area contributed by atoms with E-state index in [1.54, 1.807) is 24.3 Å². The van der Waals surface area contributed by atoms with Gasteiger partial charge in [0.15, 0.2) is 0 Å². The van der Waals surface area contributed by atoms with Crippen molar-refractivity contribution >= 4 is 76.3 Å². The molecule has 2 heterocycles. The maximum Gasteiger partial charge on any atom is 0.416 e. The quantitative estimate of drug-likeness (QED) is 0.0423. The van der Waals surface area contributed by atoms with Crippen molar-refractivity contribution in [2.45, 2.75) is 52.0 Å². The Labute approximate surface area is 345 Å². The van der Waals surface area contributed by atoms with E-state index in [1.807, 2.05) is 49.3 Å². The summed E-state index contributed by atoms with van der Waals surface area (Å²) in [4.78, 5) is 53.4. The Balaban J connectivity index is 0.000000273. The number of hydrogen-bond acceptors (Lipinski definition) is 13. The van der Waals surface area contributed by atoms with Gasteiger partial charge in [-0.15, -0.1) is 47.0 Å². The highest BCUT2D eigenvalue weighted by Gasteiger charge is 2.30. The summed E-state index contributed by atoms with van der Waals surface area (Å²) in [5, 5.41) is 14.7. The number of carboxylic acid groups (broad SMARTS) is 1. The van der Waals surface area contributed by atoms with Crippen molar-refractivity contribution in [1.29, 1.82) is 0 Å². The molecule has 0 atom stereocenters. The van der Waals surface area contributed by atoms with Gasteiger partial charge >= 0.3 is 18.1 Å². The number of aromatic nitrogens is 4. The second kappa shape index (κ2) is 21.1. The Morgan fingerprint density at radius 1 is 0.684 bits per heavy atom. The normalized spacial score (nSPS) is 11.0. The molecule has 0 aliphatic rings. The molecule has 11 nitrogen and oxygen atoms in total. The maximum atomic E-state index is 12.7. The van der Waals surface area contributed by atoms with Crippen molar-refractivity contribution in [3.8, 4) is 0 Å². The smallest absolute Gasteiger partial charge is 0.416 e. The molecule has 1 amide bonds. The first kappa shape index (κ1) is 44.9. The summed E-state index contributed by atoms with van der Waals surface area (Å²) < 4.78 is 42.8. The molecule has 57 heavy (non-hydrogen) atoms. The number of ether oxygens (including phenoxy) is 1. The molecule has 0 radical (unpaired) electrons. The van der Waals surface area contributed by atoms with E-state index in [4.69, 9.17) is 15.6 Å². The molecule has 18 heteroatoms. The molecule has 0 unspecified atom stereocenters. The molecular formula is C39H39F3N6O5S4. The van der Waals surface area contributed by atoms with E-state index in [0.717, 1.165) is 62.5 Å². The standard InChI is InChI=1S/C23H20F3N3O3S2.C16H19N3O2S2/c1-33-21-17(12-19(30)31)22(34-2)29-18(28-21)11-13-3-9-16(10-4-13)27-20(32)14-5-7-15(8-6-14)23(24,25)26;1-21-14(20)9-12-15(22-2)18-13(19-16(12)23-3)8-10-4-6-11(17)7-5-10/h3-10H,11-12H2,1-2H3,(H,27,32)(H,30,31);4-7H,8-9,17H2,1-3H3. The number of nitrogens with zero attached hydrogens (tertiary/aromatic N) is 4. The predicted octanol–water partition coefficient (Wildman–Crippen LogP) is 8.22. The largest absolute Gasteiger partial charge is 0.481 e. The fourth-order valence-electron chi connectivity index (χ4n) is 5.20. The van der Waals surface area contributed by atoms with Gasteiger partial charge in [-0.1, -0.05) is 24.3 Å². The minimum absolute atomic E-state index is 0.112. The van der Waals surface area contributed by atoms with Crippen LogP contribution in [-0.2, 0) is 46.2 Å². The number of carboxylic acids is 1. The van der Waals surface area contributed by atoms with Crippen molar-refractivity contribution < 1.29 is 37.4 Å². The van der Waals surface area contributed by atoms with Crippen LogP contribution in [0.25, 0.3) is 0 Å². The number of carbonyl (C=O) groups is 3. The number of carbonyl (C=O) groups excluding carboxylic acids is 2. The summed E-state index contributed by atoms with van der Waals surface area (Å²) in [6, 6.07) is 18.6. The molecule has 300 valence electrons. The Kier molecular flexibility index (Phi) is 16.6. The number of aliphatic carboxylic acids is 1. The molecule has 2 aromatic heterocycles. The monoisotopic (exact) mass is 856 g/mol. The third kappa shape index (κ3) is 13.1. The number of hydrogen-bond donors (Lipinski definition) is 3. The number of anilines is 2. The lowest BCUT2D eigenvalue weighted by Gasteiger charge is -2.12. The second-order valence-electron chi connectivity index (χ2n) is 11.9. The molecule has 5 aromatic rings. The number of nitrogens with one attached hydrogen (secondary N) is 1. The lowest BCUT2D eigenvalue weighted by atomic mass is 10.1. The molecule has 0 saturated carbocycles. The van der Waals surface area contributed by atoms with Gasteiger partial charge < -0.3 is 20.9 Å². The maximum absolute atomic E-state index is 12.7. The highest BCUT2D eigenvalue weighted by atomic mass is 32.2. The van der Waals surface area contributed by atoms with E-state index in [0.29, 0.717) is 40.0 Å². The molecule has 5 rings (SSSR count). The second-order valence-corrected chi connectivity index (χ2v) is 15.1. The van der Waals surface area contributed by atoms with Gasteiger partial charge in [0.05, 0.1) is 25.5 Å². The van der Waals surface area contributed by atoms with E-state index < -0.39 is 23.6 Å². The average molecular weight is 857 g/mol. The fraction of sp³-hybridized carbons (Fsp3) is 0.256. The van der Waals surface area contributed by atoms with Gasteiger partial charge in [-0.2, -0.15) is 13.2 Å². The number of nitrogens with two attached hydrogens (primary N) is 1. The number of thioether (sulfide) groups is 4. The summed E-state index contributed by atoms with van der Waals surface area (Å²) in [6.45, 7) is 0. The number of benzene rings is 3. The fourth-order valence-corrected chi connectivity index (χ4v) is 7.77. The van der Waals surface area contributed by atoms with Crippen molar-refractivity contribution in [3.05, 3.63) is 118 Å². The van der Waals surface area contributed by atoms with Crippen LogP contribution in [-0.4, -0.2) is 75.0 Å². The van der Waals surface area contributed by atoms with Gasteiger partial charge in [0.2, 0.25) is 0 Å². The topological polar surface area (TPSA) is 170 Å². The van der Waals surface area contributed by atoms with Crippen LogP contribution in [0.4, 0.5) is 24.5 Å². The Bertz CT molecular complexity index is 2130. The number of halogens is 3. The van der Waals surface area contributed by atoms with Crippen LogP contribution in [0.3, 0.4) is 0 Å². The molecule has 0 saturated heterocycles. The minimum atomic E-state index is -4.46. The van der Waals surface area contributed by atoms with E-state index in [1.165, 1.54) is 54.2 Å². The van der Waals surface area contributed by atoms with Crippen LogP contribution in [0, 0.1) is 0 Å². The zero-order chi connectivity index (χ0) is 41.7. The first-order valence-electron chi connectivity index (χ1n) is 16.8. The van der Waals surface area contributed by atoms with Gasteiger partial charge in [0, 0.05) is 40.9 Å². The van der Waals surface area contributed by atoms with Crippen molar-refractivity contribution in [3.63, 3.8) is 0 Å². The Morgan fingerprint density at radius 2 is 1.11 bits per heavy atom. The molecular weight excluding hydrogens is 818 g/mol. The van der Waals surface area contributed by atoms with Gasteiger partial charge in [0.1, 0.15) is 31.8 Å². The summed E-state index contributed by atoms with van der Waals surface area (Å²) >= 11 is 5.75. The zero-order valence-corrected chi connectivity index (χ0v) is 34.7. The number of nitrogen functional groups attached to an aromatic ring is 1. The molecule has 0 spiro atoms. The average Bonchev–Trinajstić information content (AvgIpc) is 3.19. The molecule has 3 aromatic carbocycles. The van der Waals surface area contributed by atoms with Gasteiger partial charge in [0.25, 0.3) is 5.91 Å². The van der Waals surface area contributed by atoms with E-state index in [9.17, 15) is 27.6 Å². The summed E-state index contributed by atoms with van der Waals surface area (Å²) in [6.07, 6.45) is 4.15. The van der Waals surface area contributed by atoms with Gasteiger partial charge in [-0.05, 0) is 84.7 Å². The van der Waals surface area contributed by atoms with Crippen LogP contribution in [0.15, 0.2) is 92.9 Å². The van der Waals surface area contributed by atoms with Gasteiger partial charge in [-0.3, -0.25) is 14.4 Å². The lowest BCUT2D eigenvalue weighted by molar-refractivity contribution is -0.140. The highest BCUT2D eigenvalue weighted by molar-refractivity contribution is 7.99. The predicted molar refractivity (Wildman–Crippen MR) is 221 cm³/mol. The summed E-state index contributed by atoms with van der Waals surface area (Å²) in [7, 11) is 1.39. The minimum Gasteiger partial charge on any atom is -0.481 e. The zero-order valence-electron chi connectivity index (χ0n) is 31.5. The lowest BCUT2D eigenvalue weighted by Crippen LogP contribution is -2.13. The van der Waals surface area contributed by atoms with Crippen molar-refractivity contribution in [2.75, 3.05) is 43.2 Å². The van der Waals surface area contributed by atoms with E-state index >= 15 is 0 Å². The van der Waals surface area contributed by atoms with E-state index in [2.05, 4.69) is 25.3 Å². The number of alkyl halides is 3. The molecule has 0 aliphatic heterocycles. The number of amides is 1. The van der Waals surface area contributed by atoms with Crippen LogP contribution < -0.4 is 11.1 Å².